The Kier molecular flexibility index (Phi) is 1.38. The number of hydrogen-bond acceptors (Lipinski definition) is 5. The summed E-state index contributed by atoms with van der Waals surface area (Å²) in [5, 5.41) is 13.0. The molecule has 1 saturated heterocycles. The van der Waals surface area contributed by atoms with E-state index in [1.54, 1.807) is 0 Å². The summed E-state index contributed by atoms with van der Waals surface area (Å²) in [7, 11) is 0. The molecule has 0 amide bonds. The lowest BCUT2D eigenvalue weighted by Crippen LogP contribution is -2.51. The van der Waals surface area contributed by atoms with E-state index in [1.807, 2.05) is 4.90 Å². The van der Waals surface area contributed by atoms with Gasteiger partial charge in [0.1, 0.15) is 0 Å². The number of β-amino-alcohol motifs (C(OH)–C–C–N with tert-alkyl or cyclic N) is 1. The fourth-order valence-corrected chi connectivity index (χ4v) is 1.47. The minimum Gasteiger partial charge on any atom is -0.389 e. The van der Waals surface area contributed by atoms with Gasteiger partial charge in [-0.25, -0.2) is 0 Å². The Labute approximate surface area is 75.3 Å². The van der Waals surface area contributed by atoms with Crippen LogP contribution in [0.2, 0.25) is 0 Å². The standard InChI is InChI=1S/C8H11N3O2/c12-6-3-11(4-6)8-9-7(10-13-8)5-1-2-5/h5-6,12H,1-4H2. The molecule has 1 aromatic heterocycles. The Morgan fingerprint density at radius 3 is 2.77 bits per heavy atom. The van der Waals surface area contributed by atoms with Crippen LogP contribution in [0.1, 0.15) is 24.6 Å². The average Bonchev–Trinajstić information content (AvgIpc) is 2.80. The highest BCUT2D eigenvalue weighted by Crippen LogP contribution is 2.39. The van der Waals surface area contributed by atoms with Crippen LogP contribution in [-0.2, 0) is 0 Å². The van der Waals surface area contributed by atoms with Crippen LogP contribution in [-0.4, -0.2) is 34.4 Å². The maximum atomic E-state index is 9.08. The van der Waals surface area contributed by atoms with Crippen LogP contribution in [0.3, 0.4) is 0 Å². The van der Waals surface area contributed by atoms with Crippen LogP contribution < -0.4 is 4.90 Å². The van der Waals surface area contributed by atoms with E-state index in [-0.39, 0.29) is 6.10 Å². The molecule has 1 aliphatic heterocycles. The molecule has 2 heterocycles. The average molecular weight is 181 g/mol. The molecule has 13 heavy (non-hydrogen) atoms. The maximum Gasteiger partial charge on any atom is 0.324 e. The largest absolute Gasteiger partial charge is 0.389 e. The van der Waals surface area contributed by atoms with E-state index in [0.29, 0.717) is 25.0 Å². The van der Waals surface area contributed by atoms with Crippen molar-refractivity contribution in [3.63, 3.8) is 0 Å². The number of aliphatic hydroxyl groups is 1. The van der Waals surface area contributed by atoms with E-state index in [1.165, 1.54) is 12.8 Å². The van der Waals surface area contributed by atoms with Crippen LogP contribution in [0.4, 0.5) is 6.01 Å². The second-order valence-corrected chi connectivity index (χ2v) is 3.77. The predicted octanol–water partition coefficient (Wildman–Crippen LogP) is 0.128. The first kappa shape index (κ1) is 7.32. The van der Waals surface area contributed by atoms with Crippen molar-refractivity contribution in [2.75, 3.05) is 18.0 Å². The van der Waals surface area contributed by atoms with E-state index in [2.05, 4.69) is 10.1 Å². The molecule has 1 aliphatic carbocycles. The Hall–Kier alpha value is -1.10. The summed E-state index contributed by atoms with van der Waals surface area (Å²) in [6, 6.07) is 0.562. The van der Waals surface area contributed by atoms with Gasteiger partial charge in [-0.3, -0.25) is 0 Å². The van der Waals surface area contributed by atoms with E-state index >= 15 is 0 Å². The van der Waals surface area contributed by atoms with Gasteiger partial charge in [-0.05, 0) is 12.8 Å². The van der Waals surface area contributed by atoms with Gasteiger partial charge in [0, 0.05) is 5.92 Å². The molecule has 0 bridgehead atoms. The molecule has 0 aromatic carbocycles. The van der Waals surface area contributed by atoms with Gasteiger partial charge in [0.25, 0.3) is 0 Å². The van der Waals surface area contributed by atoms with Crippen molar-refractivity contribution in [2.45, 2.75) is 24.9 Å². The zero-order valence-electron chi connectivity index (χ0n) is 7.18. The molecule has 0 atom stereocenters. The van der Waals surface area contributed by atoms with Crippen molar-refractivity contribution >= 4 is 6.01 Å². The van der Waals surface area contributed by atoms with E-state index in [9.17, 15) is 0 Å². The van der Waals surface area contributed by atoms with Crippen LogP contribution in [0.5, 0.6) is 0 Å². The molecule has 5 heteroatoms. The van der Waals surface area contributed by atoms with Crippen molar-refractivity contribution in [1.82, 2.24) is 10.1 Å². The normalized spacial score (nSPS) is 23.3. The second-order valence-electron chi connectivity index (χ2n) is 3.77. The van der Waals surface area contributed by atoms with Crippen molar-refractivity contribution < 1.29 is 9.63 Å². The molecule has 1 aromatic rings. The summed E-state index contributed by atoms with van der Waals surface area (Å²) in [6.45, 7) is 1.23. The monoisotopic (exact) mass is 181 g/mol. The molecule has 1 saturated carbocycles. The molecule has 5 nitrogen and oxygen atoms in total. The zero-order valence-corrected chi connectivity index (χ0v) is 7.18. The van der Waals surface area contributed by atoms with E-state index in [4.69, 9.17) is 9.63 Å². The summed E-state index contributed by atoms with van der Waals surface area (Å²) < 4.78 is 5.07. The predicted molar refractivity (Wildman–Crippen MR) is 44.5 cm³/mol. The third-order valence-corrected chi connectivity index (χ3v) is 2.51. The molecule has 70 valence electrons. The van der Waals surface area contributed by atoms with Gasteiger partial charge in [0.15, 0.2) is 5.82 Å². The first-order valence-corrected chi connectivity index (χ1v) is 4.59. The highest BCUT2D eigenvalue weighted by Gasteiger charge is 2.32. The van der Waals surface area contributed by atoms with Gasteiger partial charge in [0.2, 0.25) is 0 Å². The fraction of sp³-hybridized carbons (Fsp3) is 0.750. The van der Waals surface area contributed by atoms with Crippen molar-refractivity contribution in [3.05, 3.63) is 5.82 Å². The molecule has 0 radical (unpaired) electrons. The Morgan fingerprint density at radius 2 is 2.15 bits per heavy atom. The van der Waals surface area contributed by atoms with Gasteiger partial charge in [0.05, 0.1) is 19.2 Å². The lowest BCUT2D eigenvalue weighted by Gasteiger charge is -2.33. The smallest absolute Gasteiger partial charge is 0.324 e. The first-order chi connectivity index (χ1) is 6.33. The fourth-order valence-electron chi connectivity index (χ4n) is 1.47. The first-order valence-electron chi connectivity index (χ1n) is 4.59. The molecule has 3 rings (SSSR count). The van der Waals surface area contributed by atoms with Crippen LogP contribution in [0.25, 0.3) is 0 Å². The Morgan fingerprint density at radius 1 is 1.38 bits per heavy atom. The zero-order chi connectivity index (χ0) is 8.84. The number of aliphatic hydroxyl groups excluding tert-OH is 1. The molecular weight excluding hydrogens is 170 g/mol. The number of nitrogens with zero attached hydrogens (tertiary/aromatic N) is 3. The van der Waals surface area contributed by atoms with E-state index < -0.39 is 0 Å². The van der Waals surface area contributed by atoms with Gasteiger partial charge in [-0.1, -0.05) is 5.16 Å². The third-order valence-electron chi connectivity index (χ3n) is 2.51. The molecular formula is C8H11N3O2. The highest BCUT2D eigenvalue weighted by molar-refractivity contribution is 5.31. The highest BCUT2D eigenvalue weighted by atomic mass is 16.5. The van der Waals surface area contributed by atoms with Gasteiger partial charge in [-0.2, -0.15) is 4.98 Å². The van der Waals surface area contributed by atoms with Crippen LogP contribution in [0.15, 0.2) is 4.52 Å². The van der Waals surface area contributed by atoms with Crippen molar-refractivity contribution in [1.29, 1.82) is 0 Å². The van der Waals surface area contributed by atoms with Crippen molar-refractivity contribution in [3.8, 4) is 0 Å². The molecule has 0 spiro atoms. The topological polar surface area (TPSA) is 62.4 Å². The summed E-state index contributed by atoms with van der Waals surface area (Å²) in [5.41, 5.74) is 0. The summed E-state index contributed by atoms with van der Waals surface area (Å²) in [4.78, 5) is 6.16. The Balaban J connectivity index is 1.74. The third kappa shape index (κ3) is 1.19. The number of anilines is 1. The summed E-state index contributed by atoms with van der Waals surface area (Å²) >= 11 is 0. The summed E-state index contributed by atoms with van der Waals surface area (Å²) in [5.74, 6) is 1.36. The summed E-state index contributed by atoms with van der Waals surface area (Å²) in [6.07, 6.45) is 2.14. The lowest BCUT2D eigenvalue weighted by atomic mass is 10.2. The molecule has 1 N–H and O–H groups in total. The van der Waals surface area contributed by atoms with Gasteiger partial charge >= 0.3 is 6.01 Å². The number of hydrogen-bond donors (Lipinski definition) is 1. The van der Waals surface area contributed by atoms with Gasteiger partial charge < -0.3 is 14.5 Å². The van der Waals surface area contributed by atoms with Crippen LogP contribution in [0, 0.1) is 0 Å². The number of rotatable bonds is 2. The molecule has 2 aliphatic rings. The Bertz CT molecular complexity index is 315. The lowest BCUT2D eigenvalue weighted by molar-refractivity contribution is 0.135. The van der Waals surface area contributed by atoms with Crippen LogP contribution >= 0.6 is 0 Å². The molecule has 2 fully saturated rings. The minimum absolute atomic E-state index is 0.226. The SMILES string of the molecule is OC1CN(c2nc(C3CC3)no2)C1. The number of aromatic nitrogens is 2. The second kappa shape index (κ2) is 2.45. The minimum atomic E-state index is -0.226. The maximum absolute atomic E-state index is 9.08. The molecule has 0 unspecified atom stereocenters. The quantitative estimate of drug-likeness (QED) is 0.702. The van der Waals surface area contributed by atoms with Gasteiger partial charge in [-0.15, -0.1) is 0 Å². The van der Waals surface area contributed by atoms with Crippen molar-refractivity contribution in [2.24, 2.45) is 0 Å². The van der Waals surface area contributed by atoms with E-state index in [0.717, 1.165) is 5.82 Å².